The summed E-state index contributed by atoms with van der Waals surface area (Å²) in [5.74, 6) is 2.02. The van der Waals surface area contributed by atoms with Crippen molar-refractivity contribution in [2.75, 3.05) is 43.5 Å². The van der Waals surface area contributed by atoms with E-state index in [4.69, 9.17) is 9.47 Å². The quantitative estimate of drug-likeness (QED) is 0.391. The molecule has 3 aromatic carbocycles. The van der Waals surface area contributed by atoms with Crippen LogP contribution in [0.25, 0.3) is 0 Å². The predicted octanol–water partition coefficient (Wildman–Crippen LogP) is 5.07. The summed E-state index contributed by atoms with van der Waals surface area (Å²) >= 11 is 0. The van der Waals surface area contributed by atoms with Crippen molar-refractivity contribution in [2.24, 2.45) is 5.92 Å². The number of hydrogen-bond acceptors (Lipinski definition) is 5. The summed E-state index contributed by atoms with van der Waals surface area (Å²) in [6.45, 7) is 4.77. The van der Waals surface area contributed by atoms with Crippen molar-refractivity contribution >= 4 is 23.2 Å². The first-order valence-corrected chi connectivity index (χ1v) is 12.4. The maximum absolute atomic E-state index is 12.7. The second-order valence-electron chi connectivity index (χ2n) is 8.99. The molecule has 0 aromatic heterocycles. The Balaban J connectivity index is 1.19. The molecule has 0 unspecified atom stereocenters. The lowest BCUT2D eigenvalue weighted by atomic mass is 9.98. The zero-order chi connectivity index (χ0) is 25.2. The third-order valence-electron chi connectivity index (χ3n) is 6.14. The highest BCUT2D eigenvalue weighted by atomic mass is 16.5. The van der Waals surface area contributed by atoms with Gasteiger partial charge in [0.2, 0.25) is 5.91 Å². The number of ether oxygens (including phenoxy) is 2. The van der Waals surface area contributed by atoms with E-state index in [1.807, 2.05) is 77.7 Å². The van der Waals surface area contributed by atoms with E-state index < -0.39 is 0 Å². The van der Waals surface area contributed by atoms with Crippen LogP contribution in [0.15, 0.2) is 78.9 Å². The number of rotatable bonds is 10. The molecule has 1 aliphatic rings. The first-order chi connectivity index (χ1) is 17.6. The number of para-hydroxylation sites is 1. The molecule has 0 saturated carbocycles. The molecule has 7 heteroatoms. The molecule has 0 atom stereocenters. The highest BCUT2D eigenvalue weighted by Crippen LogP contribution is 2.20. The number of amides is 2. The van der Waals surface area contributed by atoms with Crippen LogP contribution >= 0.6 is 0 Å². The van der Waals surface area contributed by atoms with E-state index in [1.165, 1.54) is 0 Å². The Morgan fingerprint density at radius 3 is 2.22 bits per heavy atom. The molecule has 4 rings (SSSR count). The van der Waals surface area contributed by atoms with Crippen molar-refractivity contribution in [1.29, 1.82) is 0 Å². The number of benzene rings is 3. The topological polar surface area (TPSA) is 79.9 Å². The number of likely N-dealkylation sites (tertiary alicyclic amines) is 1. The minimum Gasteiger partial charge on any atom is -0.490 e. The van der Waals surface area contributed by atoms with E-state index in [2.05, 4.69) is 17.6 Å². The van der Waals surface area contributed by atoms with Crippen LogP contribution in [-0.4, -0.2) is 49.6 Å². The Labute approximate surface area is 212 Å². The van der Waals surface area contributed by atoms with E-state index in [-0.39, 0.29) is 18.4 Å². The number of anilines is 2. The fourth-order valence-corrected chi connectivity index (χ4v) is 4.01. The van der Waals surface area contributed by atoms with Gasteiger partial charge in [-0.05, 0) is 67.3 Å². The zero-order valence-electron chi connectivity index (χ0n) is 20.6. The van der Waals surface area contributed by atoms with Crippen molar-refractivity contribution in [1.82, 2.24) is 4.90 Å². The van der Waals surface area contributed by atoms with E-state index in [0.29, 0.717) is 36.1 Å². The lowest BCUT2D eigenvalue weighted by Crippen LogP contribution is -2.37. The lowest BCUT2D eigenvalue weighted by Gasteiger charge is -2.30. The third kappa shape index (κ3) is 7.50. The molecule has 3 aromatic rings. The van der Waals surface area contributed by atoms with Gasteiger partial charge in [0.25, 0.3) is 5.91 Å². The summed E-state index contributed by atoms with van der Waals surface area (Å²) in [7, 11) is 0. The van der Waals surface area contributed by atoms with Crippen LogP contribution in [0.4, 0.5) is 11.4 Å². The second kappa shape index (κ2) is 12.6. The number of carbonyl (C=O) groups is 2. The molecule has 1 saturated heterocycles. The standard InChI is InChI=1S/C29H33N3O4/c1-22-14-16-32(17-15-22)29(34)23-10-12-24(13-11-23)30-21-28(33)31-25-6-5-9-27(20-25)36-19-18-35-26-7-3-2-4-8-26/h2-13,20,22,30H,14-19,21H2,1H3,(H,31,33). The van der Waals surface area contributed by atoms with Gasteiger partial charge in [-0.3, -0.25) is 9.59 Å². The van der Waals surface area contributed by atoms with Crippen molar-refractivity contribution in [3.8, 4) is 11.5 Å². The number of piperidine rings is 1. The average molecular weight is 488 g/mol. The molecule has 1 aliphatic heterocycles. The van der Waals surface area contributed by atoms with E-state index >= 15 is 0 Å². The van der Waals surface area contributed by atoms with Crippen LogP contribution in [0.1, 0.15) is 30.1 Å². The fourth-order valence-electron chi connectivity index (χ4n) is 4.01. The summed E-state index contributed by atoms with van der Waals surface area (Å²) in [6, 6.07) is 24.1. The van der Waals surface area contributed by atoms with Gasteiger partial charge in [-0.25, -0.2) is 0 Å². The monoisotopic (exact) mass is 487 g/mol. The smallest absolute Gasteiger partial charge is 0.253 e. The molecule has 7 nitrogen and oxygen atoms in total. The molecule has 0 radical (unpaired) electrons. The maximum atomic E-state index is 12.7. The normalized spacial score (nSPS) is 13.6. The van der Waals surface area contributed by atoms with Crippen LogP contribution in [0.2, 0.25) is 0 Å². The highest BCUT2D eigenvalue weighted by Gasteiger charge is 2.21. The van der Waals surface area contributed by atoms with Gasteiger partial charge >= 0.3 is 0 Å². The Kier molecular flexibility index (Phi) is 8.81. The van der Waals surface area contributed by atoms with Crippen molar-refractivity contribution in [3.63, 3.8) is 0 Å². The fraction of sp³-hybridized carbons (Fsp3) is 0.310. The van der Waals surface area contributed by atoms with E-state index in [9.17, 15) is 9.59 Å². The first kappa shape index (κ1) is 25.1. The van der Waals surface area contributed by atoms with Crippen molar-refractivity contribution < 1.29 is 19.1 Å². The van der Waals surface area contributed by atoms with Crippen LogP contribution in [-0.2, 0) is 4.79 Å². The minimum atomic E-state index is -0.179. The van der Waals surface area contributed by atoms with Gasteiger partial charge in [-0.15, -0.1) is 0 Å². The number of carbonyl (C=O) groups excluding carboxylic acids is 2. The molecule has 188 valence electrons. The van der Waals surface area contributed by atoms with Gasteiger partial charge in [-0.1, -0.05) is 31.2 Å². The van der Waals surface area contributed by atoms with Crippen LogP contribution in [0.3, 0.4) is 0 Å². The van der Waals surface area contributed by atoms with Crippen LogP contribution in [0, 0.1) is 5.92 Å². The third-order valence-corrected chi connectivity index (χ3v) is 6.14. The van der Waals surface area contributed by atoms with E-state index in [1.54, 1.807) is 6.07 Å². The van der Waals surface area contributed by atoms with Gasteiger partial charge in [0.15, 0.2) is 0 Å². The molecule has 0 aliphatic carbocycles. The van der Waals surface area contributed by atoms with Crippen molar-refractivity contribution in [2.45, 2.75) is 19.8 Å². The highest BCUT2D eigenvalue weighted by molar-refractivity contribution is 5.95. The van der Waals surface area contributed by atoms with Crippen molar-refractivity contribution in [3.05, 3.63) is 84.4 Å². The van der Waals surface area contributed by atoms with Gasteiger partial charge in [0.05, 0.1) is 6.54 Å². The van der Waals surface area contributed by atoms with Gasteiger partial charge in [0.1, 0.15) is 24.7 Å². The first-order valence-electron chi connectivity index (χ1n) is 12.4. The zero-order valence-corrected chi connectivity index (χ0v) is 20.6. The summed E-state index contributed by atoms with van der Waals surface area (Å²) in [5.41, 5.74) is 2.11. The number of nitrogens with one attached hydrogen (secondary N) is 2. The average Bonchev–Trinajstić information content (AvgIpc) is 2.91. The molecular formula is C29H33N3O4. The molecular weight excluding hydrogens is 454 g/mol. The summed E-state index contributed by atoms with van der Waals surface area (Å²) in [6.07, 6.45) is 2.11. The van der Waals surface area contributed by atoms with Crippen LogP contribution < -0.4 is 20.1 Å². The molecule has 2 N–H and O–H groups in total. The van der Waals surface area contributed by atoms with E-state index in [0.717, 1.165) is 37.4 Å². The molecule has 1 fully saturated rings. The Morgan fingerprint density at radius 2 is 1.50 bits per heavy atom. The SMILES string of the molecule is CC1CCN(C(=O)c2ccc(NCC(=O)Nc3cccc(OCCOc4ccccc4)c3)cc2)CC1. The Hall–Kier alpha value is -4.00. The minimum absolute atomic E-state index is 0.0694. The lowest BCUT2D eigenvalue weighted by molar-refractivity contribution is -0.114. The largest absolute Gasteiger partial charge is 0.490 e. The summed E-state index contributed by atoms with van der Waals surface area (Å²) < 4.78 is 11.4. The van der Waals surface area contributed by atoms with Gasteiger partial charge < -0.3 is 25.0 Å². The van der Waals surface area contributed by atoms with Crippen LogP contribution in [0.5, 0.6) is 11.5 Å². The molecule has 0 bridgehead atoms. The maximum Gasteiger partial charge on any atom is 0.253 e. The summed E-state index contributed by atoms with van der Waals surface area (Å²) in [4.78, 5) is 27.0. The molecule has 0 spiro atoms. The number of nitrogens with zero attached hydrogens (tertiary/aromatic N) is 1. The predicted molar refractivity (Wildman–Crippen MR) is 142 cm³/mol. The molecule has 36 heavy (non-hydrogen) atoms. The summed E-state index contributed by atoms with van der Waals surface area (Å²) in [5, 5.41) is 5.98. The number of hydrogen-bond donors (Lipinski definition) is 2. The van der Waals surface area contributed by atoms with Gasteiger partial charge in [-0.2, -0.15) is 0 Å². The molecule has 1 heterocycles. The molecule has 2 amide bonds. The Morgan fingerprint density at radius 1 is 0.833 bits per heavy atom. The second-order valence-corrected chi connectivity index (χ2v) is 8.99. The Bertz CT molecular complexity index is 1130. The van der Waals surface area contributed by atoms with Gasteiger partial charge in [0, 0.05) is 36.1 Å².